The van der Waals surface area contributed by atoms with E-state index in [4.69, 9.17) is 29.0 Å². The van der Waals surface area contributed by atoms with E-state index in [1.165, 1.54) is 6.07 Å². The maximum atomic E-state index is 12.9. The van der Waals surface area contributed by atoms with Crippen LogP contribution < -0.4 is 11.4 Å². The number of carbonyl (C=O) groups is 2. The summed E-state index contributed by atoms with van der Waals surface area (Å²) in [6.45, 7) is 1.66. The van der Waals surface area contributed by atoms with Gasteiger partial charge in [-0.25, -0.2) is 13.9 Å². The van der Waals surface area contributed by atoms with E-state index in [2.05, 4.69) is 107 Å². The zero-order chi connectivity index (χ0) is 55.0. The van der Waals surface area contributed by atoms with Crippen LogP contribution in [0.2, 0.25) is 0 Å². The number of allylic oxidation sites excluding steroid dienone is 18. The van der Waals surface area contributed by atoms with Crippen molar-refractivity contribution in [1.82, 2.24) is 9.55 Å². The maximum absolute atomic E-state index is 12.9. The fourth-order valence-electron chi connectivity index (χ4n) is 6.84. The Kier molecular flexibility index (Phi) is 36.0. The van der Waals surface area contributed by atoms with Crippen LogP contribution in [0.3, 0.4) is 0 Å². The summed E-state index contributed by atoms with van der Waals surface area (Å²) >= 11 is 0. The van der Waals surface area contributed by atoms with Gasteiger partial charge in [0.25, 0.3) is 0 Å². The highest BCUT2D eigenvalue weighted by atomic mass is 31.3. The van der Waals surface area contributed by atoms with Crippen molar-refractivity contribution in [3.8, 4) is 0 Å². The normalized spacial score (nSPS) is 20.1. The number of nitrogens with two attached hydrogens (primary N) is 1. The molecule has 2 heterocycles. The van der Waals surface area contributed by atoms with Crippen molar-refractivity contribution in [3.05, 3.63) is 132 Å². The summed E-state index contributed by atoms with van der Waals surface area (Å²) < 4.78 is 56.7. The Morgan fingerprint density at radius 1 is 0.693 bits per heavy atom. The number of unbranched alkanes of at least 4 members (excludes halogenated alkanes) is 4. The first-order valence-electron chi connectivity index (χ1n) is 26.0. The van der Waals surface area contributed by atoms with Gasteiger partial charge in [0.15, 0.2) is 12.3 Å². The summed E-state index contributed by atoms with van der Waals surface area (Å²) in [4.78, 5) is 61.9. The second-order valence-electron chi connectivity index (χ2n) is 17.4. The third kappa shape index (κ3) is 33.2. The number of hydrogen-bond acceptors (Lipinski definition) is 16. The number of aliphatic hydroxyl groups excluding tert-OH is 3. The van der Waals surface area contributed by atoms with E-state index in [0.29, 0.717) is 25.7 Å². The number of hydrogen-bond donors (Lipinski definition) is 6. The molecule has 19 nitrogen and oxygen atoms in total. The standard InChI is InChI=1S/C54H83N3O16P2/c1-3-5-6-7-8-9-10-11-12-13-14-15-16-21-24-27-30-33-36-39-50(60)71-46(42-68-49(59)38-35-32-29-26-23-20-18-17-19-22-25-28-31-34-37-45(58)4-2)43-69-74(64,65)73-75(66,67)70-44-47-51(61)52(62)53(72-47)57-41-40-48(55)56-54(57)63/h5-6,8-9,11-12,14-15,18-22,24,26,28-29,31,40-41,45-47,51-53,58,61-62H,3-4,7,10,13,16-17,23,25,27,30,32-39,42-44H2,1-2H3,(H,64,65)(H,66,67)(H2,55,56,63)/b6-5-,9-8-,12-11-,15-14-,20-18-,22-19-,24-21-,29-26-,31-28-/t45-,46+,47+,51+,52+,53+/m0/s1. The SMILES string of the molecule is CC/C=C\C/C=C\C/C=C\C/C=C\C/C=C\CCCCCC(=O)O[C@H](COC(=O)CCC/C=C\C/C=C\C/C=C\C/C=C\CC[C@@H](O)CC)COP(=O)(O)OP(=O)(O)OC[C@H]1O[C@@H](n2ccc(N)nc2=O)[C@H](O)[C@@H]1O. The number of carbonyl (C=O) groups excluding carboxylic acids is 2. The van der Waals surface area contributed by atoms with E-state index < -0.39 is 83.7 Å². The second kappa shape index (κ2) is 40.6. The molecule has 1 saturated heterocycles. The van der Waals surface area contributed by atoms with Crippen molar-refractivity contribution >= 4 is 33.4 Å². The van der Waals surface area contributed by atoms with E-state index in [1.54, 1.807) is 0 Å². The summed E-state index contributed by atoms with van der Waals surface area (Å²) in [5.74, 6) is -1.44. The Bertz CT molecular complexity index is 2200. The molecule has 0 aromatic carbocycles. The fraction of sp³-hybridized carbons (Fsp3) is 0.556. The largest absolute Gasteiger partial charge is 0.481 e. The highest BCUT2D eigenvalue weighted by molar-refractivity contribution is 7.61. The molecule has 1 aliphatic rings. The van der Waals surface area contributed by atoms with Crippen molar-refractivity contribution < 1.29 is 71.4 Å². The van der Waals surface area contributed by atoms with Crippen LogP contribution in [0, 0.1) is 0 Å². The van der Waals surface area contributed by atoms with E-state index in [1.807, 2.05) is 25.2 Å². The minimum atomic E-state index is -5.46. The van der Waals surface area contributed by atoms with Gasteiger partial charge in [-0.2, -0.15) is 9.29 Å². The van der Waals surface area contributed by atoms with E-state index in [9.17, 15) is 48.6 Å². The van der Waals surface area contributed by atoms with E-state index in [-0.39, 0.29) is 24.8 Å². The molecule has 0 amide bonds. The monoisotopic (exact) mass is 1090 g/mol. The third-order valence-corrected chi connectivity index (χ3v) is 13.6. The highest BCUT2D eigenvalue weighted by Crippen LogP contribution is 2.60. The molecule has 8 atom stereocenters. The van der Waals surface area contributed by atoms with Crippen molar-refractivity contribution in [1.29, 1.82) is 0 Å². The average molecular weight is 1090 g/mol. The van der Waals surface area contributed by atoms with Crippen LogP contribution in [0.1, 0.15) is 142 Å². The number of nitrogens with zero attached hydrogens (tertiary/aromatic N) is 2. The summed E-state index contributed by atoms with van der Waals surface area (Å²) in [5.41, 5.74) is 4.58. The molecular weight excluding hydrogens is 1010 g/mol. The van der Waals surface area contributed by atoms with E-state index >= 15 is 0 Å². The molecule has 2 unspecified atom stereocenters. The molecule has 0 aliphatic carbocycles. The van der Waals surface area contributed by atoms with Gasteiger partial charge in [0, 0.05) is 19.0 Å². The molecule has 0 spiro atoms. The molecule has 0 radical (unpaired) electrons. The van der Waals surface area contributed by atoms with Crippen LogP contribution in [0.15, 0.2) is 126 Å². The molecule has 1 fully saturated rings. The van der Waals surface area contributed by atoms with Crippen molar-refractivity contribution in [2.24, 2.45) is 0 Å². The lowest BCUT2D eigenvalue weighted by molar-refractivity contribution is -0.161. The molecule has 1 aromatic rings. The number of aromatic nitrogens is 2. The molecule has 0 saturated carbocycles. The molecule has 2 rings (SSSR count). The molecule has 1 aromatic heterocycles. The van der Waals surface area contributed by atoms with Gasteiger partial charge in [-0.15, -0.1) is 0 Å². The van der Waals surface area contributed by atoms with E-state index in [0.717, 1.165) is 94.2 Å². The Labute approximate surface area is 443 Å². The number of nitrogen functional groups attached to an aromatic ring is 1. The lowest BCUT2D eigenvalue weighted by Crippen LogP contribution is -2.36. The summed E-state index contributed by atoms with van der Waals surface area (Å²) in [6, 6.07) is 1.24. The maximum Gasteiger partial charge on any atom is 0.481 e. The van der Waals surface area contributed by atoms with Gasteiger partial charge in [-0.3, -0.25) is 23.2 Å². The Balaban J connectivity index is 1.84. The molecular formula is C54H83N3O16P2. The van der Waals surface area contributed by atoms with Crippen LogP contribution in [0.25, 0.3) is 0 Å². The van der Waals surface area contributed by atoms with Crippen molar-refractivity contribution in [2.75, 3.05) is 25.6 Å². The number of phosphoric ester groups is 2. The van der Waals surface area contributed by atoms with Gasteiger partial charge in [0.05, 0.1) is 19.3 Å². The first-order chi connectivity index (χ1) is 36.1. The molecule has 1 aliphatic heterocycles. The second-order valence-corrected chi connectivity index (χ2v) is 20.5. The molecule has 7 N–H and O–H groups in total. The summed E-state index contributed by atoms with van der Waals surface area (Å²) in [7, 11) is -10.9. The molecule has 75 heavy (non-hydrogen) atoms. The van der Waals surface area contributed by atoms with Gasteiger partial charge in [-0.05, 0) is 109 Å². The van der Waals surface area contributed by atoms with Crippen LogP contribution in [-0.4, -0.2) is 96.9 Å². The first-order valence-corrected chi connectivity index (χ1v) is 29.0. The number of aliphatic hydroxyl groups is 3. The van der Waals surface area contributed by atoms with Crippen LogP contribution in [0.4, 0.5) is 5.82 Å². The third-order valence-electron chi connectivity index (χ3n) is 11.0. The summed E-state index contributed by atoms with van der Waals surface area (Å²) in [5, 5.41) is 30.5. The van der Waals surface area contributed by atoms with Gasteiger partial charge >= 0.3 is 33.3 Å². The average Bonchev–Trinajstić information content (AvgIpc) is 3.65. The van der Waals surface area contributed by atoms with Crippen LogP contribution in [0.5, 0.6) is 0 Å². The molecule has 0 bridgehead atoms. The van der Waals surface area contributed by atoms with Gasteiger partial charge in [0.1, 0.15) is 30.7 Å². The number of esters is 2. The van der Waals surface area contributed by atoms with Gasteiger partial charge < -0.3 is 45.1 Å². The minimum absolute atomic E-state index is 0.0146. The van der Waals surface area contributed by atoms with Gasteiger partial charge in [0.2, 0.25) is 0 Å². The number of anilines is 1. The predicted octanol–water partition coefficient (Wildman–Crippen LogP) is 9.97. The smallest absolute Gasteiger partial charge is 0.462 e. The molecule has 420 valence electrons. The number of rotatable bonds is 41. The van der Waals surface area contributed by atoms with Crippen LogP contribution in [-0.2, 0) is 46.3 Å². The highest BCUT2D eigenvalue weighted by Gasteiger charge is 2.46. The summed E-state index contributed by atoms with van der Waals surface area (Å²) in [6.07, 6.45) is 44.0. The van der Waals surface area contributed by atoms with Crippen molar-refractivity contribution in [3.63, 3.8) is 0 Å². The molecule has 21 heteroatoms. The topological polar surface area (TPSA) is 286 Å². The quantitative estimate of drug-likeness (QED) is 0.0154. The Morgan fingerprint density at radius 2 is 1.20 bits per heavy atom. The zero-order valence-electron chi connectivity index (χ0n) is 43.7. The first kappa shape index (κ1) is 66.5. The lowest BCUT2D eigenvalue weighted by Gasteiger charge is -2.21. The van der Waals surface area contributed by atoms with Gasteiger partial charge in [-0.1, -0.05) is 130 Å². The fourth-order valence-corrected chi connectivity index (χ4v) is 8.95. The predicted molar refractivity (Wildman–Crippen MR) is 290 cm³/mol. The van der Waals surface area contributed by atoms with Crippen molar-refractivity contribution in [2.45, 2.75) is 173 Å². The van der Waals surface area contributed by atoms with Crippen LogP contribution >= 0.6 is 15.6 Å². The minimum Gasteiger partial charge on any atom is -0.462 e. The lowest BCUT2D eigenvalue weighted by atomic mass is 10.1. The Morgan fingerprint density at radius 3 is 1.75 bits per heavy atom. The number of phosphoric acid groups is 2. The zero-order valence-corrected chi connectivity index (χ0v) is 45.4. The Hall–Kier alpha value is -4.62. The number of ether oxygens (including phenoxy) is 3.